The number of rotatable bonds is 4. The summed E-state index contributed by atoms with van der Waals surface area (Å²) < 4.78 is 28.3. The molecule has 2 aromatic heterocycles. The summed E-state index contributed by atoms with van der Waals surface area (Å²) in [6.45, 7) is 0. The minimum Gasteiger partial charge on any atom is -0.339 e. The molecule has 0 amide bonds. The number of sulfone groups is 1. The summed E-state index contributed by atoms with van der Waals surface area (Å²) in [5.41, 5.74) is 0.586. The Bertz CT molecular complexity index is 780. The second-order valence-electron chi connectivity index (χ2n) is 5.14. The number of nitrogens with zero attached hydrogens (tertiary/aromatic N) is 3. The molecule has 1 unspecified atom stereocenters. The van der Waals surface area contributed by atoms with Crippen LogP contribution in [0.3, 0.4) is 0 Å². The lowest BCUT2D eigenvalue weighted by molar-refractivity contribution is 0.364. The highest BCUT2D eigenvalue weighted by Crippen LogP contribution is 2.23. The van der Waals surface area contributed by atoms with Crippen molar-refractivity contribution in [2.75, 3.05) is 6.26 Å². The normalized spacial score (nSPS) is 18.2. The second kappa shape index (κ2) is 5.40. The van der Waals surface area contributed by atoms with E-state index < -0.39 is 9.84 Å². The summed E-state index contributed by atoms with van der Waals surface area (Å²) in [4.78, 5) is 8.18. The quantitative estimate of drug-likeness (QED) is 0.803. The van der Waals surface area contributed by atoms with E-state index in [2.05, 4.69) is 27.3 Å². The molecule has 2 aromatic rings. The van der Waals surface area contributed by atoms with Gasteiger partial charge in [0.05, 0.1) is 0 Å². The highest BCUT2D eigenvalue weighted by molar-refractivity contribution is 7.90. The van der Waals surface area contributed by atoms with Gasteiger partial charge in [0.25, 0.3) is 0 Å². The second-order valence-corrected chi connectivity index (χ2v) is 7.10. The molecule has 1 aliphatic carbocycles. The van der Waals surface area contributed by atoms with Crippen molar-refractivity contribution >= 4 is 9.84 Å². The third-order valence-electron chi connectivity index (χ3n) is 3.39. The molecule has 6 nitrogen and oxygen atoms in total. The average molecular weight is 305 g/mol. The summed E-state index contributed by atoms with van der Waals surface area (Å²) >= 11 is 0. The van der Waals surface area contributed by atoms with Crippen molar-refractivity contribution < 1.29 is 12.9 Å². The Morgan fingerprint density at radius 1 is 1.43 bits per heavy atom. The van der Waals surface area contributed by atoms with Crippen LogP contribution in [0.5, 0.6) is 0 Å². The fourth-order valence-corrected chi connectivity index (χ4v) is 2.89. The number of allylic oxidation sites excluding steroid dienone is 2. The molecule has 110 valence electrons. The first-order valence-corrected chi connectivity index (χ1v) is 8.57. The molecule has 1 atom stereocenters. The Morgan fingerprint density at radius 2 is 2.29 bits per heavy atom. The molecule has 0 saturated carbocycles. The van der Waals surface area contributed by atoms with E-state index in [1.54, 1.807) is 6.07 Å². The Kier molecular flexibility index (Phi) is 3.59. The van der Waals surface area contributed by atoms with E-state index >= 15 is 0 Å². The van der Waals surface area contributed by atoms with E-state index in [0.717, 1.165) is 19.1 Å². The van der Waals surface area contributed by atoms with E-state index in [1.165, 1.54) is 12.3 Å². The van der Waals surface area contributed by atoms with Crippen molar-refractivity contribution in [1.29, 1.82) is 0 Å². The van der Waals surface area contributed by atoms with Crippen LogP contribution in [0, 0.1) is 5.92 Å². The summed E-state index contributed by atoms with van der Waals surface area (Å²) in [6.07, 6.45) is 9.78. The van der Waals surface area contributed by atoms with E-state index in [9.17, 15) is 8.42 Å². The van der Waals surface area contributed by atoms with Crippen LogP contribution in [0.1, 0.15) is 18.7 Å². The highest BCUT2D eigenvalue weighted by atomic mass is 32.2. The SMILES string of the molecule is CS(=O)(=O)c1cc(-c2noc(CC3C=CCC3)n2)ccn1. The monoisotopic (exact) mass is 305 g/mol. The van der Waals surface area contributed by atoms with Crippen molar-refractivity contribution in [2.45, 2.75) is 24.3 Å². The van der Waals surface area contributed by atoms with Crippen molar-refractivity contribution in [3.05, 3.63) is 36.4 Å². The number of aromatic nitrogens is 3. The third-order valence-corrected chi connectivity index (χ3v) is 4.37. The number of hydrogen-bond donors (Lipinski definition) is 0. The van der Waals surface area contributed by atoms with Crippen molar-refractivity contribution in [1.82, 2.24) is 15.1 Å². The van der Waals surface area contributed by atoms with Gasteiger partial charge in [0.1, 0.15) is 0 Å². The van der Waals surface area contributed by atoms with Gasteiger partial charge in [-0.1, -0.05) is 17.3 Å². The molecule has 0 fully saturated rings. The molecule has 0 radical (unpaired) electrons. The van der Waals surface area contributed by atoms with Gasteiger partial charge in [-0.3, -0.25) is 0 Å². The van der Waals surface area contributed by atoms with E-state index in [0.29, 0.717) is 29.6 Å². The van der Waals surface area contributed by atoms with Crippen LogP contribution >= 0.6 is 0 Å². The molecule has 7 heteroatoms. The maximum atomic E-state index is 11.5. The van der Waals surface area contributed by atoms with Crippen LogP contribution < -0.4 is 0 Å². The predicted molar refractivity (Wildman–Crippen MR) is 76.2 cm³/mol. The maximum absolute atomic E-state index is 11.5. The molecule has 0 bridgehead atoms. The first-order chi connectivity index (χ1) is 10.0. The van der Waals surface area contributed by atoms with Crippen LogP contribution in [-0.2, 0) is 16.3 Å². The van der Waals surface area contributed by atoms with Gasteiger partial charge in [-0.05, 0) is 30.9 Å². The maximum Gasteiger partial charge on any atom is 0.227 e. The molecule has 2 heterocycles. The lowest BCUT2D eigenvalue weighted by atomic mass is 10.1. The number of pyridine rings is 1. The molecule has 3 rings (SSSR count). The standard InChI is InChI=1S/C14H15N3O3S/c1-21(18,19)13-9-11(6-7-15-13)14-16-12(20-17-14)8-10-4-2-3-5-10/h2,4,6-7,9-10H,3,5,8H2,1H3. The van der Waals surface area contributed by atoms with E-state index in [1.807, 2.05) is 0 Å². The fraction of sp³-hybridized carbons (Fsp3) is 0.357. The summed E-state index contributed by atoms with van der Waals surface area (Å²) in [5.74, 6) is 1.40. The molecule has 0 saturated heterocycles. The van der Waals surface area contributed by atoms with Gasteiger partial charge >= 0.3 is 0 Å². The first-order valence-electron chi connectivity index (χ1n) is 6.68. The first kappa shape index (κ1) is 13.9. The predicted octanol–water partition coefficient (Wildman–Crippen LogP) is 2.04. The van der Waals surface area contributed by atoms with Crippen LogP contribution in [0.15, 0.2) is 40.0 Å². The summed E-state index contributed by atoms with van der Waals surface area (Å²) in [6, 6.07) is 3.12. The summed E-state index contributed by atoms with van der Waals surface area (Å²) in [5, 5.41) is 3.92. The van der Waals surface area contributed by atoms with Crippen molar-refractivity contribution in [3.63, 3.8) is 0 Å². The molecular formula is C14H15N3O3S. The summed E-state index contributed by atoms with van der Waals surface area (Å²) in [7, 11) is -3.35. The van der Waals surface area contributed by atoms with Gasteiger partial charge in [-0.25, -0.2) is 13.4 Å². The van der Waals surface area contributed by atoms with Gasteiger partial charge in [0, 0.05) is 24.4 Å². The minimum absolute atomic E-state index is 0.00470. The Balaban J connectivity index is 1.84. The van der Waals surface area contributed by atoms with Gasteiger partial charge in [0.2, 0.25) is 11.7 Å². The zero-order valence-corrected chi connectivity index (χ0v) is 12.4. The fourth-order valence-electron chi connectivity index (χ4n) is 2.30. The average Bonchev–Trinajstić information content (AvgIpc) is 3.10. The van der Waals surface area contributed by atoms with Crippen LogP contribution in [0.25, 0.3) is 11.4 Å². The van der Waals surface area contributed by atoms with Crippen LogP contribution in [0.4, 0.5) is 0 Å². The zero-order valence-electron chi connectivity index (χ0n) is 11.6. The minimum atomic E-state index is -3.35. The smallest absolute Gasteiger partial charge is 0.227 e. The highest BCUT2D eigenvalue weighted by Gasteiger charge is 2.17. The third kappa shape index (κ3) is 3.18. The molecule has 1 aliphatic rings. The van der Waals surface area contributed by atoms with Crippen LogP contribution in [-0.4, -0.2) is 29.8 Å². The molecular weight excluding hydrogens is 290 g/mol. The Morgan fingerprint density at radius 3 is 3.00 bits per heavy atom. The number of hydrogen-bond acceptors (Lipinski definition) is 6. The lowest BCUT2D eigenvalue weighted by Gasteiger charge is -2.01. The molecule has 0 aromatic carbocycles. The van der Waals surface area contributed by atoms with Gasteiger partial charge in [-0.15, -0.1) is 0 Å². The topological polar surface area (TPSA) is 86.0 Å². The zero-order chi connectivity index (χ0) is 14.9. The largest absolute Gasteiger partial charge is 0.339 e. The Hall–Kier alpha value is -2.02. The van der Waals surface area contributed by atoms with E-state index in [4.69, 9.17) is 4.52 Å². The van der Waals surface area contributed by atoms with E-state index in [-0.39, 0.29) is 5.03 Å². The molecule has 0 N–H and O–H groups in total. The Labute approximate surface area is 122 Å². The molecule has 0 spiro atoms. The van der Waals surface area contributed by atoms with Crippen molar-refractivity contribution in [3.8, 4) is 11.4 Å². The van der Waals surface area contributed by atoms with Gasteiger partial charge in [0.15, 0.2) is 14.9 Å². The van der Waals surface area contributed by atoms with Gasteiger partial charge < -0.3 is 4.52 Å². The van der Waals surface area contributed by atoms with Crippen LogP contribution in [0.2, 0.25) is 0 Å². The van der Waals surface area contributed by atoms with Gasteiger partial charge in [-0.2, -0.15) is 4.98 Å². The van der Waals surface area contributed by atoms with Crippen molar-refractivity contribution in [2.24, 2.45) is 5.92 Å². The lowest BCUT2D eigenvalue weighted by Crippen LogP contribution is -2.00. The molecule has 21 heavy (non-hydrogen) atoms. The molecule has 0 aliphatic heterocycles.